The Morgan fingerprint density at radius 2 is 2.17 bits per heavy atom. The van der Waals surface area contributed by atoms with Gasteiger partial charge < -0.3 is 4.74 Å². The van der Waals surface area contributed by atoms with Gasteiger partial charge in [-0.15, -0.1) is 0 Å². The maximum absolute atomic E-state index is 11.6. The van der Waals surface area contributed by atoms with Crippen LogP contribution in [-0.4, -0.2) is 23.4 Å². The highest BCUT2D eigenvalue weighted by molar-refractivity contribution is 5.89. The van der Waals surface area contributed by atoms with Gasteiger partial charge in [0.05, 0.1) is 6.04 Å². The largest absolute Gasteiger partial charge is 0.447 e. The minimum Gasteiger partial charge on any atom is -0.447 e. The Kier molecular flexibility index (Phi) is 3.77. The average Bonchev–Trinajstić information content (AvgIpc) is 2.78. The number of amides is 1. The number of hydrogen-bond donors (Lipinski definition) is 0. The summed E-state index contributed by atoms with van der Waals surface area (Å²) in [5, 5.41) is 0. The molecule has 0 aliphatic carbocycles. The van der Waals surface area contributed by atoms with Crippen LogP contribution in [0.3, 0.4) is 0 Å². The molecule has 4 nitrogen and oxygen atoms in total. The van der Waals surface area contributed by atoms with Gasteiger partial charge in [0.25, 0.3) is 0 Å². The van der Waals surface area contributed by atoms with E-state index in [0.29, 0.717) is 13.0 Å². The Labute approximate surface area is 106 Å². The van der Waals surface area contributed by atoms with E-state index in [1.165, 1.54) is 17.2 Å². The molecule has 1 heterocycles. The summed E-state index contributed by atoms with van der Waals surface area (Å²) in [5.74, 6) is -0.0125. The maximum atomic E-state index is 11.6. The predicted molar refractivity (Wildman–Crippen MR) is 66.8 cm³/mol. The molecule has 0 aromatic heterocycles. The molecule has 0 unspecified atom stereocenters. The lowest BCUT2D eigenvalue weighted by Crippen LogP contribution is -2.21. The fourth-order valence-corrected chi connectivity index (χ4v) is 1.81. The number of ether oxygens (including phenoxy) is 1. The maximum Gasteiger partial charge on any atom is 0.414 e. The van der Waals surface area contributed by atoms with E-state index >= 15 is 0 Å². The lowest BCUT2D eigenvalue weighted by molar-refractivity contribution is -0.114. The molecule has 1 aliphatic heterocycles. The third-order valence-electron chi connectivity index (χ3n) is 2.87. The Hall–Kier alpha value is -2.10. The van der Waals surface area contributed by atoms with Gasteiger partial charge in [0, 0.05) is 12.6 Å². The molecular formula is C14H15NO3. The lowest BCUT2D eigenvalue weighted by Gasteiger charge is -2.17. The Morgan fingerprint density at radius 1 is 1.44 bits per heavy atom. The highest BCUT2D eigenvalue weighted by Crippen LogP contribution is 2.27. The van der Waals surface area contributed by atoms with Crippen LogP contribution in [0.25, 0.3) is 0 Å². The molecule has 4 heteroatoms. The molecular weight excluding hydrogens is 230 g/mol. The number of cyclic esters (lactones) is 1. The van der Waals surface area contributed by atoms with Crippen LogP contribution in [0, 0.1) is 0 Å². The molecule has 18 heavy (non-hydrogen) atoms. The van der Waals surface area contributed by atoms with Crippen LogP contribution in [0.15, 0.2) is 42.6 Å². The van der Waals surface area contributed by atoms with E-state index in [0.717, 1.165) is 5.56 Å². The lowest BCUT2D eigenvalue weighted by atomic mass is 10.1. The van der Waals surface area contributed by atoms with Crippen LogP contribution in [0.2, 0.25) is 0 Å². The van der Waals surface area contributed by atoms with Crippen molar-refractivity contribution in [1.29, 1.82) is 0 Å². The van der Waals surface area contributed by atoms with E-state index < -0.39 is 6.09 Å². The fourth-order valence-electron chi connectivity index (χ4n) is 1.81. The Balaban J connectivity index is 2.18. The first-order chi connectivity index (χ1) is 8.72. The van der Waals surface area contributed by atoms with Crippen molar-refractivity contribution in [3.8, 4) is 0 Å². The van der Waals surface area contributed by atoms with E-state index in [2.05, 4.69) is 0 Å². The van der Waals surface area contributed by atoms with Crippen molar-refractivity contribution in [2.75, 3.05) is 6.61 Å². The molecule has 0 spiro atoms. The Bertz CT molecular complexity index is 467. The van der Waals surface area contributed by atoms with Crippen molar-refractivity contribution in [3.05, 3.63) is 48.2 Å². The second kappa shape index (κ2) is 5.49. The first-order valence-corrected chi connectivity index (χ1v) is 5.93. The second-order valence-electron chi connectivity index (χ2n) is 4.05. The number of allylic oxidation sites excluding steroid dienone is 1. The quantitative estimate of drug-likeness (QED) is 0.766. The van der Waals surface area contributed by atoms with Crippen LogP contribution >= 0.6 is 0 Å². The highest BCUT2D eigenvalue weighted by atomic mass is 16.6. The molecule has 0 N–H and O–H groups in total. The zero-order chi connectivity index (χ0) is 13.0. The highest BCUT2D eigenvalue weighted by Gasteiger charge is 2.32. The summed E-state index contributed by atoms with van der Waals surface area (Å²) >= 11 is 0. The third-order valence-corrected chi connectivity index (χ3v) is 2.87. The average molecular weight is 245 g/mol. The number of rotatable bonds is 4. The number of carbonyl (C=O) groups excluding carboxylic acids is 2. The van der Waals surface area contributed by atoms with Crippen LogP contribution in [-0.2, 0) is 9.53 Å². The van der Waals surface area contributed by atoms with Gasteiger partial charge in [-0.1, -0.05) is 37.3 Å². The van der Waals surface area contributed by atoms with E-state index in [4.69, 9.17) is 4.74 Å². The van der Waals surface area contributed by atoms with Crippen molar-refractivity contribution in [3.63, 3.8) is 0 Å². The number of ketones is 1. The molecule has 0 bridgehead atoms. The molecule has 1 aliphatic rings. The summed E-state index contributed by atoms with van der Waals surface area (Å²) in [7, 11) is 0. The van der Waals surface area contributed by atoms with Gasteiger partial charge in [-0.25, -0.2) is 4.79 Å². The monoisotopic (exact) mass is 245 g/mol. The molecule has 1 atom stereocenters. The van der Waals surface area contributed by atoms with Crippen LogP contribution < -0.4 is 0 Å². The molecule has 1 saturated heterocycles. The van der Waals surface area contributed by atoms with Gasteiger partial charge in [0.15, 0.2) is 5.78 Å². The van der Waals surface area contributed by atoms with Crippen molar-refractivity contribution in [2.45, 2.75) is 19.4 Å². The second-order valence-corrected chi connectivity index (χ2v) is 4.05. The van der Waals surface area contributed by atoms with Crippen molar-refractivity contribution in [2.24, 2.45) is 0 Å². The molecule has 1 amide bonds. The van der Waals surface area contributed by atoms with Crippen molar-refractivity contribution < 1.29 is 14.3 Å². The standard InChI is InChI=1S/C14H15NO3/c1-2-12(16)8-9-15-13(10-18-14(15)17)11-6-4-3-5-7-11/h3-9,13H,2,10H2,1H3/b9-8+/t13-/m0/s1. The molecule has 2 rings (SSSR count). The van der Waals surface area contributed by atoms with Crippen LogP contribution in [0.4, 0.5) is 4.79 Å². The predicted octanol–water partition coefficient (Wildman–Crippen LogP) is 2.67. The molecule has 94 valence electrons. The van der Waals surface area contributed by atoms with E-state index in [9.17, 15) is 9.59 Å². The summed E-state index contributed by atoms with van der Waals surface area (Å²) in [6, 6.07) is 9.47. The van der Waals surface area contributed by atoms with Gasteiger partial charge in [-0.3, -0.25) is 9.69 Å². The van der Waals surface area contributed by atoms with E-state index in [-0.39, 0.29) is 11.8 Å². The summed E-state index contributed by atoms with van der Waals surface area (Å²) in [4.78, 5) is 24.3. The first-order valence-electron chi connectivity index (χ1n) is 5.93. The SMILES string of the molecule is CCC(=O)/C=C/N1C(=O)OC[C@H]1c1ccccc1. The zero-order valence-corrected chi connectivity index (χ0v) is 10.2. The smallest absolute Gasteiger partial charge is 0.414 e. The number of nitrogens with zero attached hydrogens (tertiary/aromatic N) is 1. The van der Waals surface area contributed by atoms with Crippen LogP contribution in [0.5, 0.6) is 0 Å². The molecule has 1 aromatic rings. The zero-order valence-electron chi connectivity index (χ0n) is 10.2. The van der Waals surface area contributed by atoms with Gasteiger partial charge >= 0.3 is 6.09 Å². The third kappa shape index (κ3) is 2.59. The van der Waals surface area contributed by atoms with Crippen molar-refractivity contribution >= 4 is 11.9 Å². The van der Waals surface area contributed by atoms with Gasteiger partial charge in [-0.05, 0) is 11.6 Å². The first kappa shape index (κ1) is 12.4. The molecule has 0 saturated carbocycles. The van der Waals surface area contributed by atoms with Gasteiger partial charge in [0.2, 0.25) is 0 Å². The van der Waals surface area contributed by atoms with Crippen LogP contribution in [0.1, 0.15) is 24.9 Å². The topological polar surface area (TPSA) is 46.6 Å². The molecule has 1 aromatic carbocycles. The van der Waals surface area contributed by atoms with E-state index in [1.54, 1.807) is 6.92 Å². The number of benzene rings is 1. The van der Waals surface area contributed by atoms with E-state index in [1.807, 2.05) is 30.3 Å². The van der Waals surface area contributed by atoms with Crippen molar-refractivity contribution in [1.82, 2.24) is 4.90 Å². The summed E-state index contributed by atoms with van der Waals surface area (Å²) in [6.45, 7) is 2.09. The minimum absolute atomic E-state index is 0.0125. The summed E-state index contributed by atoms with van der Waals surface area (Å²) < 4.78 is 5.02. The Morgan fingerprint density at radius 3 is 2.83 bits per heavy atom. The molecule has 0 radical (unpaired) electrons. The van der Waals surface area contributed by atoms with Gasteiger partial charge in [-0.2, -0.15) is 0 Å². The van der Waals surface area contributed by atoms with Gasteiger partial charge in [0.1, 0.15) is 6.61 Å². The number of hydrogen-bond acceptors (Lipinski definition) is 3. The minimum atomic E-state index is -0.413. The summed E-state index contributed by atoms with van der Waals surface area (Å²) in [5.41, 5.74) is 0.997. The number of carbonyl (C=O) groups is 2. The fraction of sp³-hybridized carbons (Fsp3) is 0.286. The normalized spacial score (nSPS) is 19.3. The molecule has 1 fully saturated rings. The summed E-state index contributed by atoms with van der Waals surface area (Å²) in [6.07, 6.45) is 2.94.